The minimum Gasteiger partial charge on any atom is -0.369 e. The summed E-state index contributed by atoms with van der Waals surface area (Å²) in [6.07, 6.45) is 1.06. The standard InChI is InChI=1S/C14H24N6S/c1-9(2)20(4)7-5-6-16-12-11-8-10(3)21-13(11)18-14(17-12)19-15/h8-9H,5-7,15H2,1-4H3,(H2,16,17,18,19). The number of fused-ring (bicyclic) bond motifs is 1. The highest BCUT2D eigenvalue weighted by Crippen LogP contribution is 2.29. The number of aromatic nitrogens is 2. The van der Waals surface area contributed by atoms with Crippen molar-refractivity contribution < 1.29 is 0 Å². The zero-order valence-corrected chi connectivity index (χ0v) is 13.9. The molecule has 0 bridgehead atoms. The lowest BCUT2D eigenvalue weighted by Gasteiger charge is -2.20. The summed E-state index contributed by atoms with van der Waals surface area (Å²) in [5.74, 6) is 6.74. The Morgan fingerprint density at radius 3 is 2.81 bits per heavy atom. The number of rotatable bonds is 7. The largest absolute Gasteiger partial charge is 0.369 e. The van der Waals surface area contributed by atoms with Gasteiger partial charge in [-0.15, -0.1) is 11.3 Å². The zero-order chi connectivity index (χ0) is 15.4. The third kappa shape index (κ3) is 4.03. The van der Waals surface area contributed by atoms with Crippen LogP contribution in [0.2, 0.25) is 0 Å². The summed E-state index contributed by atoms with van der Waals surface area (Å²) in [5, 5.41) is 4.47. The van der Waals surface area contributed by atoms with E-state index in [9.17, 15) is 0 Å². The molecule has 0 amide bonds. The first-order valence-corrected chi connectivity index (χ1v) is 8.02. The highest BCUT2D eigenvalue weighted by molar-refractivity contribution is 7.18. The average Bonchev–Trinajstić information content (AvgIpc) is 2.82. The number of hydrazine groups is 1. The van der Waals surface area contributed by atoms with Crippen molar-refractivity contribution in [2.24, 2.45) is 5.84 Å². The quantitative estimate of drug-likeness (QED) is 0.414. The van der Waals surface area contributed by atoms with E-state index in [1.807, 2.05) is 0 Å². The van der Waals surface area contributed by atoms with Crippen LogP contribution < -0.4 is 16.6 Å². The number of nitrogens with zero attached hydrogens (tertiary/aromatic N) is 3. The Balaban J connectivity index is 2.03. The molecule has 0 saturated carbocycles. The molecule has 2 aromatic heterocycles. The molecule has 0 radical (unpaired) electrons. The van der Waals surface area contributed by atoms with E-state index in [0.717, 1.165) is 35.5 Å². The molecule has 6 nitrogen and oxygen atoms in total. The summed E-state index contributed by atoms with van der Waals surface area (Å²) in [5.41, 5.74) is 2.53. The van der Waals surface area contributed by atoms with Crippen LogP contribution in [0.1, 0.15) is 25.1 Å². The lowest BCUT2D eigenvalue weighted by atomic mass is 10.3. The van der Waals surface area contributed by atoms with Crippen LogP contribution in [-0.4, -0.2) is 41.0 Å². The first-order chi connectivity index (χ1) is 10.0. The summed E-state index contributed by atoms with van der Waals surface area (Å²) in [4.78, 5) is 13.3. The van der Waals surface area contributed by atoms with E-state index in [-0.39, 0.29) is 0 Å². The normalized spacial score (nSPS) is 11.6. The van der Waals surface area contributed by atoms with E-state index in [0.29, 0.717) is 12.0 Å². The SMILES string of the molecule is Cc1cc2c(NCCCN(C)C(C)C)nc(NN)nc2s1. The van der Waals surface area contributed by atoms with Crippen LogP contribution in [0.15, 0.2) is 6.07 Å². The monoisotopic (exact) mass is 308 g/mol. The number of anilines is 2. The molecule has 0 fully saturated rings. The van der Waals surface area contributed by atoms with Gasteiger partial charge in [-0.25, -0.2) is 10.8 Å². The molecule has 4 N–H and O–H groups in total. The van der Waals surface area contributed by atoms with Crippen LogP contribution in [0.3, 0.4) is 0 Å². The van der Waals surface area contributed by atoms with Crippen molar-refractivity contribution in [1.29, 1.82) is 0 Å². The maximum absolute atomic E-state index is 5.44. The number of hydrogen-bond acceptors (Lipinski definition) is 7. The van der Waals surface area contributed by atoms with Crippen molar-refractivity contribution in [3.63, 3.8) is 0 Å². The Hall–Kier alpha value is -1.44. The second-order valence-electron chi connectivity index (χ2n) is 5.47. The van der Waals surface area contributed by atoms with Gasteiger partial charge >= 0.3 is 0 Å². The number of nitrogens with two attached hydrogens (primary N) is 1. The fraction of sp³-hybridized carbons (Fsp3) is 0.571. The van der Waals surface area contributed by atoms with Gasteiger partial charge in [-0.05, 0) is 46.9 Å². The van der Waals surface area contributed by atoms with Gasteiger partial charge in [-0.3, -0.25) is 5.43 Å². The molecule has 21 heavy (non-hydrogen) atoms. The van der Waals surface area contributed by atoms with Crippen LogP contribution in [0.5, 0.6) is 0 Å². The molecule has 2 heterocycles. The Labute approximate surface area is 129 Å². The number of aryl methyl sites for hydroxylation is 1. The molecule has 0 aliphatic rings. The maximum atomic E-state index is 5.44. The molecule has 2 rings (SSSR count). The summed E-state index contributed by atoms with van der Waals surface area (Å²) in [6.45, 7) is 8.42. The lowest BCUT2D eigenvalue weighted by molar-refractivity contribution is 0.273. The van der Waals surface area contributed by atoms with E-state index in [1.165, 1.54) is 4.88 Å². The molecule has 116 valence electrons. The first-order valence-electron chi connectivity index (χ1n) is 7.20. The van der Waals surface area contributed by atoms with Crippen molar-refractivity contribution in [3.05, 3.63) is 10.9 Å². The van der Waals surface area contributed by atoms with E-state index in [1.54, 1.807) is 11.3 Å². The molecular weight excluding hydrogens is 284 g/mol. The van der Waals surface area contributed by atoms with Crippen LogP contribution >= 0.6 is 11.3 Å². The van der Waals surface area contributed by atoms with Gasteiger partial charge < -0.3 is 10.2 Å². The molecule has 0 spiro atoms. The third-order valence-corrected chi connectivity index (χ3v) is 4.45. The number of hydrogen-bond donors (Lipinski definition) is 3. The van der Waals surface area contributed by atoms with Gasteiger partial charge in [-0.2, -0.15) is 4.98 Å². The lowest BCUT2D eigenvalue weighted by Crippen LogP contribution is -2.28. The molecule has 2 aromatic rings. The van der Waals surface area contributed by atoms with E-state index >= 15 is 0 Å². The molecular formula is C14H24N6S. The van der Waals surface area contributed by atoms with Gasteiger partial charge in [0.15, 0.2) is 0 Å². The Bertz CT molecular complexity index is 594. The second kappa shape index (κ2) is 7.02. The van der Waals surface area contributed by atoms with E-state index < -0.39 is 0 Å². The number of thiophene rings is 1. The van der Waals surface area contributed by atoms with Gasteiger partial charge in [0.2, 0.25) is 5.95 Å². The predicted octanol–water partition coefficient (Wildman–Crippen LogP) is 2.43. The smallest absolute Gasteiger partial charge is 0.240 e. The summed E-state index contributed by atoms with van der Waals surface area (Å²) in [7, 11) is 2.15. The highest BCUT2D eigenvalue weighted by Gasteiger charge is 2.10. The predicted molar refractivity (Wildman–Crippen MR) is 90.8 cm³/mol. The van der Waals surface area contributed by atoms with Crippen LogP contribution in [-0.2, 0) is 0 Å². The van der Waals surface area contributed by atoms with Crippen molar-refractivity contribution in [2.45, 2.75) is 33.2 Å². The van der Waals surface area contributed by atoms with Crippen LogP contribution in [0, 0.1) is 6.92 Å². The maximum Gasteiger partial charge on any atom is 0.240 e. The molecule has 0 unspecified atom stereocenters. The Morgan fingerprint density at radius 1 is 1.38 bits per heavy atom. The fourth-order valence-electron chi connectivity index (χ4n) is 2.03. The van der Waals surface area contributed by atoms with Gasteiger partial charge in [0.25, 0.3) is 0 Å². The van der Waals surface area contributed by atoms with Crippen molar-refractivity contribution >= 4 is 33.3 Å². The molecule has 0 aliphatic carbocycles. The molecule has 7 heteroatoms. The highest BCUT2D eigenvalue weighted by atomic mass is 32.1. The minimum atomic E-state index is 0.450. The van der Waals surface area contributed by atoms with Gasteiger partial charge in [0.05, 0.1) is 5.39 Å². The average molecular weight is 308 g/mol. The topological polar surface area (TPSA) is 79.1 Å². The molecule has 0 aromatic carbocycles. The summed E-state index contributed by atoms with van der Waals surface area (Å²) < 4.78 is 0. The number of nitrogen functional groups attached to an aromatic ring is 1. The molecule has 0 saturated heterocycles. The Morgan fingerprint density at radius 2 is 2.14 bits per heavy atom. The molecule has 0 aliphatic heterocycles. The van der Waals surface area contributed by atoms with E-state index in [2.05, 4.69) is 59.5 Å². The van der Waals surface area contributed by atoms with Crippen molar-refractivity contribution in [1.82, 2.24) is 14.9 Å². The molecule has 0 atom stereocenters. The first kappa shape index (κ1) is 15.9. The van der Waals surface area contributed by atoms with Crippen LogP contribution in [0.4, 0.5) is 11.8 Å². The third-order valence-electron chi connectivity index (χ3n) is 3.51. The van der Waals surface area contributed by atoms with Gasteiger partial charge in [-0.1, -0.05) is 0 Å². The summed E-state index contributed by atoms with van der Waals surface area (Å²) in [6, 6.07) is 2.69. The minimum absolute atomic E-state index is 0.450. The zero-order valence-electron chi connectivity index (χ0n) is 13.1. The van der Waals surface area contributed by atoms with Crippen molar-refractivity contribution in [3.8, 4) is 0 Å². The van der Waals surface area contributed by atoms with Gasteiger partial charge in [0, 0.05) is 17.5 Å². The number of nitrogens with one attached hydrogen (secondary N) is 2. The van der Waals surface area contributed by atoms with Crippen molar-refractivity contribution in [2.75, 3.05) is 30.9 Å². The van der Waals surface area contributed by atoms with Gasteiger partial charge in [0.1, 0.15) is 10.6 Å². The summed E-state index contributed by atoms with van der Waals surface area (Å²) >= 11 is 1.65. The van der Waals surface area contributed by atoms with Crippen LogP contribution in [0.25, 0.3) is 10.2 Å². The second-order valence-corrected chi connectivity index (χ2v) is 6.71. The fourth-order valence-corrected chi connectivity index (χ4v) is 2.91. The van der Waals surface area contributed by atoms with E-state index in [4.69, 9.17) is 5.84 Å². The Kier molecular flexibility index (Phi) is 5.33.